The van der Waals surface area contributed by atoms with Crippen LogP contribution in [0.3, 0.4) is 0 Å². The molecule has 2 nitrogen and oxygen atoms in total. The number of hydrogen-bond acceptors (Lipinski definition) is 1. The average molecular weight is 194 g/mol. The lowest BCUT2D eigenvalue weighted by atomic mass is 10.1. The van der Waals surface area contributed by atoms with Crippen LogP contribution in [0.5, 0.6) is 0 Å². The predicted molar refractivity (Wildman–Crippen MR) is 60.3 cm³/mol. The summed E-state index contributed by atoms with van der Waals surface area (Å²) in [6, 6.07) is 0. The van der Waals surface area contributed by atoms with Crippen molar-refractivity contribution in [1.82, 2.24) is 9.55 Å². The van der Waals surface area contributed by atoms with Gasteiger partial charge in [0.25, 0.3) is 0 Å². The SMILES string of the molecule is CCCc1nccn1CC(C)CCC. The minimum atomic E-state index is 0.768. The Kier molecular flexibility index (Phi) is 4.71. The molecule has 0 aliphatic rings. The Morgan fingerprint density at radius 2 is 2.14 bits per heavy atom. The third-order valence-electron chi connectivity index (χ3n) is 2.57. The third-order valence-corrected chi connectivity index (χ3v) is 2.57. The first kappa shape index (κ1) is 11.3. The molecule has 0 fully saturated rings. The molecule has 1 rings (SSSR count). The number of imidazole rings is 1. The van der Waals surface area contributed by atoms with Crippen LogP contribution in [0.25, 0.3) is 0 Å². The lowest BCUT2D eigenvalue weighted by Crippen LogP contribution is -2.09. The van der Waals surface area contributed by atoms with Gasteiger partial charge in [-0.05, 0) is 18.8 Å². The Hall–Kier alpha value is -0.790. The molecule has 0 N–H and O–H groups in total. The summed E-state index contributed by atoms with van der Waals surface area (Å²) in [4.78, 5) is 4.38. The number of nitrogens with zero attached hydrogens (tertiary/aromatic N) is 2. The summed E-state index contributed by atoms with van der Waals surface area (Å²) in [7, 11) is 0. The quantitative estimate of drug-likeness (QED) is 0.679. The maximum atomic E-state index is 4.38. The van der Waals surface area contributed by atoms with Gasteiger partial charge in [0.15, 0.2) is 0 Å². The first-order chi connectivity index (χ1) is 6.77. The molecule has 0 aromatic carbocycles. The summed E-state index contributed by atoms with van der Waals surface area (Å²) in [5.41, 5.74) is 0. The lowest BCUT2D eigenvalue weighted by molar-refractivity contribution is 0.436. The highest BCUT2D eigenvalue weighted by Crippen LogP contribution is 2.10. The predicted octanol–water partition coefficient (Wildman–Crippen LogP) is 3.27. The van der Waals surface area contributed by atoms with Crippen molar-refractivity contribution < 1.29 is 0 Å². The average Bonchev–Trinajstić information content (AvgIpc) is 2.54. The van der Waals surface area contributed by atoms with E-state index < -0.39 is 0 Å². The van der Waals surface area contributed by atoms with E-state index in [1.165, 1.54) is 25.1 Å². The highest BCUT2D eigenvalue weighted by atomic mass is 15.1. The monoisotopic (exact) mass is 194 g/mol. The smallest absolute Gasteiger partial charge is 0.108 e. The van der Waals surface area contributed by atoms with Crippen molar-refractivity contribution in [2.45, 2.75) is 53.0 Å². The molecule has 2 heteroatoms. The summed E-state index contributed by atoms with van der Waals surface area (Å²) in [5.74, 6) is 2.01. The van der Waals surface area contributed by atoms with E-state index in [1.54, 1.807) is 0 Å². The van der Waals surface area contributed by atoms with Crippen LogP contribution in [0.1, 0.15) is 45.9 Å². The molecular formula is C12H22N2. The van der Waals surface area contributed by atoms with Crippen molar-refractivity contribution in [3.05, 3.63) is 18.2 Å². The molecule has 14 heavy (non-hydrogen) atoms. The van der Waals surface area contributed by atoms with Gasteiger partial charge in [-0.3, -0.25) is 0 Å². The zero-order valence-corrected chi connectivity index (χ0v) is 9.66. The van der Waals surface area contributed by atoms with Gasteiger partial charge in [0.1, 0.15) is 5.82 Å². The van der Waals surface area contributed by atoms with Gasteiger partial charge >= 0.3 is 0 Å². The molecule has 1 atom stereocenters. The number of hydrogen-bond donors (Lipinski definition) is 0. The molecule has 1 aromatic heterocycles. The van der Waals surface area contributed by atoms with E-state index in [2.05, 4.69) is 36.5 Å². The Morgan fingerprint density at radius 3 is 2.79 bits per heavy atom. The maximum Gasteiger partial charge on any atom is 0.108 e. The van der Waals surface area contributed by atoms with Crippen LogP contribution in [-0.2, 0) is 13.0 Å². The number of rotatable bonds is 6. The maximum absolute atomic E-state index is 4.38. The van der Waals surface area contributed by atoms with E-state index in [9.17, 15) is 0 Å². The highest BCUT2D eigenvalue weighted by Gasteiger charge is 2.05. The van der Waals surface area contributed by atoms with Gasteiger partial charge in [-0.25, -0.2) is 4.98 Å². The Balaban J connectivity index is 2.52. The van der Waals surface area contributed by atoms with Crippen molar-refractivity contribution in [2.24, 2.45) is 5.92 Å². The molecule has 0 saturated heterocycles. The second-order valence-corrected chi connectivity index (χ2v) is 4.14. The van der Waals surface area contributed by atoms with Crippen molar-refractivity contribution in [2.75, 3.05) is 0 Å². The molecule has 0 radical (unpaired) electrons. The third kappa shape index (κ3) is 3.17. The second-order valence-electron chi connectivity index (χ2n) is 4.14. The van der Waals surface area contributed by atoms with Crippen LogP contribution >= 0.6 is 0 Å². The van der Waals surface area contributed by atoms with E-state index in [1.807, 2.05) is 6.20 Å². The van der Waals surface area contributed by atoms with Crippen molar-refractivity contribution in [3.8, 4) is 0 Å². The standard InChI is InChI=1S/C12H22N2/c1-4-6-11(3)10-14-9-8-13-12(14)7-5-2/h8-9,11H,4-7,10H2,1-3H3. The van der Waals surface area contributed by atoms with Crippen LogP contribution in [0.4, 0.5) is 0 Å². The topological polar surface area (TPSA) is 17.8 Å². The summed E-state index contributed by atoms with van der Waals surface area (Å²) in [6.07, 6.45) is 8.90. The van der Waals surface area contributed by atoms with Gasteiger partial charge in [-0.1, -0.05) is 27.2 Å². The number of aromatic nitrogens is 2. The molecule has 0 aliphatic carbocycles. The van der Waals surface area contributed by atoms with E-state index in [0.717, 1.165) is 18.9 Å². The summed E-state index contributed by atoms with van der Waals surface area (Å²) >= 11 is 0. The molecule has 1 aromatic rings. The minimum Gasteiger partial charge on any atom is -0.335 e. The molecular weight excluding hydrogens is 172 g/mol. The van der Waals surface area contributed by atoms with Gasteiger partial charge < -0.3 is 4.57 Å². The van der Waals surface area contributed by atoms with Gasteiger partial charge in [0.05, 0.1) is 0 Å². The summed E-state index contributed by atoms with van der Waals surface area (Å²) in [6.45, 7) is 7.90. The second kappa shape index (κ2) is 5.84. The van der Waals surface area contributed by atoms with Crippen molar-refractivity contribution in [3.63, 3.8) is 0 Å². The molecule has 0 saturated carbocycles. The van der Waals surface area contributed by atoms with Crippen LogP contribution in [0, 0.1) is 5.92 Å². The summed E-state index contributed by atoms with van der Waals surface area (Å²) in [5, 5.41) is 0. The molecule has 80 valence electrons. The van der Waals surface area contributed by atoms with Crippen LogP contribution in [0.2, 0.25) is 0 Å². The highest BCUT2D eigenvalue weighted by molar-refractivity contribution is 4.92. The molecule has 0 aliphatic heterocycles. The van der Waals surface area contributed by atoms with Crippen molar-refractivity contribution >= 4 is 0 Å². The Morgan fingerprint density at radius 1 is 1.36 bits per heavy atom. The van der Waals surface area contributed by atoms with E-state index in [0.29, 0.717) is 0 Å². The Bertz CT molecular complexity index is 253. The zero-order valence-electron chi connectivity index (χ0n) is 9.66. The Labute approximate surface area is 87.4 Å². The minimum absolute atomic E-state index is 0.768. The van der Waals surface area contributed by atoms with Crippen molar-refractivity contribution in [1.29, 1.82) is 0 Å². The summed E-state index contributed by atoms with van der Waals surface area (Å²) < 4.78 is 2.31. The van der Waals surface area contributed by atoms with Gasteiger partial charge in [0.2, 0.25) is 0 Å². The van der Waals surface area contributed by atoms with Crippen LogP contribution in [-0.4, -0.2) is 9.55 Å². The van der Waals surface area contributed by atoms with Gasteiger partial charge in [-0.2, -0.15) is 0 Å². The molecule has 0 spiro atoms. The van der Waals surface area contributed by atoms with Crippen LogP contribution in [0.15, 0.2) is 12.4 Å². The van der Waals surface area contributed by atoms with Crippen LogP contribution < -0.4 is 0 Å². The van der Waals surface area contributed by atoms with E-state index >= 15 is 0 Å². The normalized spacial score (nSPS) is 13.1. The van der Waals surface area contributed by atoms with Gasteiger partial charge in [0, 0.05) is 25.4 Å². The first-order valence-electron chi connectivity index (χ1n) is 5.77. The molecule has 1 unspecified atom stereocenters. The first-order valence-corrected chi connectivity index (χ1v) is 5.77. The van der Waals surface area contributed by atoms with E-state index in [4.69, 9.17) is 0 Å². The van der Waals surface area contributed by atoms with E-state index in [-0.39, 0.29) is 0 Å². The fourth-order valence-corrected chi connectivity index (χ4v) is 1.88. The largest absolute Gasteiger partial charge is 0.335 e. The fourth-order valence-electron chi connectivity index (χ4n) is 1.88. The zero-order chi connectivity index (χ0) is 10.4. The molecule has 1 heterocycles. The molecule has 0 bridgehead atoms. The van der Waals surface area contributed by atoms with Gasteiger partial charge in [-0.15, -0.1) is 0 Å². The lowest BCUT2D eigenvalue weighted by Gasteiger charge is -2.13. The number of aryl methyl sites for hydroxylation is 1. The molecule has 0 amide bonds. The fraction of sp³-hybridized carbons (Fsp3) is 0.750.